The van der Waals surface area contributed by atoms with Crippen LogP contribution in [0.25, 0.3) is 0 Å². The van der Waals surface area contributed by atoms with Crippen LogP contribution >= 0.6 is 0 Å². The van der Waals surface area contributed by atoms with Crippen molar-refractivity contribution in [1.82, 2.24) is 5.32 Å². The van der Waals surface area contributed by atoms with Crippen molar-refractivity contribution in [3.05, 3.63) is 35.9 Å². The van der Waals surface area contributed by atoms with Crippen LogP contribution in [0.4, 0.5) is 0 Å². The number of hydrogen-bond acceptors (Lipinski definition) is 4. The number of nitrogens with one attached hydrogen (secondary N) is 1. The molecule has 0 aliphatic rings. The Morgan fingerprint density at radius 2 is 1.76 bits per heavy atom. The molecular weight excluding hydrogens is 270 g/mol. The van der Waals surface area contributed by atoms with Crippen molar-refractivity contribution in [3.8, 4) is 0 Å². The highest BCUT2D eigenvalue weighted by molar-refractivity contribution is 5.99. The zero-order valence-electron chi connectivity index (χ0n) is 12.6. The van der Waals surface area contributed by atoms with Crippen LogP contribution in [0.5, 0.6) is 0 Å². The summed E-state index contributed by atoms with van der Waals surface area (Å²) in [6, 6.07) is 7.70. The summed E-state index contributed by atoms with van der Waals surface area (Å²) in [6.07, 6.45) is -0.149. The molecule has 5 nitrogen and oxygen atoms in total. The largest absolute Gasteiger partial charge is 0.466 e. The van der Waals surface area contributed by atoms with Gasteiger partial charge in [0.1, 0.15) is 0 Å². The number of esters is 1. The standard InChI is InChI=1S/C16H21NO4/c1-4-21-14(18)10-13(15(19)11(2)3)17-16(20)12-8-6-5-7-9-12/h5-9,11,13H,4,10H2,1-3H3,(H,17,20). The van der Waals surface area contributed by atoms with Gasteiger partial charge >= 0.3 is 5.97 Å². The summed E-state index contributed by atoms with van der Waals surface area (Å²) in [7, 11) is 0. The molecule has 1 atom stereocenters. The Bertz CT molecular complexity index is 496. The molecule has 21 heavy (non-hydrogen) atoms. The molecule has 1 aromatic rings. The van der Waals surface area contributed by atoms with Crippen molar-refractivity contribution >= 4 is 17.7 Å². The van der Waals surface area contributed by atoms with Gasteiger partial charge in [0.2, 0.25) is 0 Å². The molecule has 0 fully saturated rings. The summed E-state index contributed by atoms with van der Waals surface area (Å²) in [4.78, 5) is 35.8. The van der Waals surface area contributed by atoms with Crippen LogP contribution in [-0.4, -0.2) is 30.3 Å². The topological polar surface area (TPSA) is 72.5 Å². The smallest absolute Gasteiger partial charge is 0.308 e. The van der Waals surface area contributed by atoms with Crippen molar-refractivity contribution in [2.75, 3.05) is 6.61 Å². The van der Waals surface area contributed by atoms with Crippen LogP contribution in [0.2, 0.25) is 0 Å². The second kappa shape index (κ2) is 8.19. The fourth-order valence-electron chi connectivity index (χ4n) is 1.84. The average molecular weight is 291 g/mol. The summed E-state index contributed by atoms with van der Waals surface area (Å²) in [5.74, 6) is -1.34. The summed E-state index contributed by atoms with van der Waals surface area (Å²) in [6.45, 7) is 5.40. The minimum atomic E-state index is -0.864. The first-order valence-electron chi connectivity index (χ1n) is 7.01. The molecule has 1 N–H and O–H groups in total. The van der Waals surface area contributed by atoms with Crippen molar-refractivity contribution < 1.29 is 19.1 Å². The monoisotopic (exact) mass is 291 g/mol. The number of Topliss-reactive ketones (excluding diaryl/α,β-unsaturated/α-hetero) is 1. The zero-order valence-corrected chi connectivity index (χ0v) is 12.6. The van der Waals surface area contributed by atoms with Gasteiger partial charge in [0, 0.05) is 11.5 Å². The maximum atomic E-state index is 12.1. The van der Waals surface area contributed by atoms with Crippen LogP contribution < -0.4 is 5.32 Å². The number of hydrogen-bond donors (Lipinski definition) is 1. The van der Waals surface area contributed by atoms with Gasteiger partial charge in [-0.05, 0) is 19.1 Å². The molecule has 0 spiro atoms. The van der Waals surface area contributed by atoms with E-state index in [1.54, 1.807) is 51.1 Å². The van der Waals surface area contributed by atoms with Gasteiger partial charge in [-0.3, -0.25) is 14.4 Å². The van der Waals surface area contributed by atoms with E-state index in [9.17, 15) is 14.4 Å². The minimum Gasteiger partial charge on any atom is -0.466 e. The fraction of sp³-hybridized carbons (Fsp3) is 0.438. The normalized spacial score (nSPS) is 11.8. The van der Waals surface area contributed by atoms with E-state index in [1.807, 2.05) is 0 Å². The van der Waals surface area contributed by atoms with E-state index in [0.29, 0.717) is 5.56 Å². The Labute approximate surface area is 124 Å². The molecule has 5 heteroatoms. The molecule has 0 bridgehead atoms. The first kappa shape index (κ1) is 16.9. The third-order valence-corrected chi connectivity index (χ3v) is 2.93. The highest BCUT2D eigenvalue weighted by atomic mass is 16.5. The van der Waals surface area contributed by atoms with Gasteiger partial charge in [-0.15, -0.1) is 0 Å². The van der Waals surface area contributed by atoms with Gasteiger partial charge in [-0.2, -0.15) is 0 Å². The molecule has 0 saturated carbocycles. The number of ketones is 1. The lowest BCUT2D eigenvalue weighted by Crippen LogP contribution is -2.44. The molecule has 1 unspecified atom stereocenters. The van der Waals surface area contributed by atoms with Crippen molar-refractivity contribution in [3.63, 3.8) is 0 Å². The highest BCUT2D eigenvalue weighted by Crippen LogP contribution is 2.07. The molecule has 1 amide bonds. The summed E-state index contributed by atoms with van der Waals surface area (Å²) in [5, 5.41) is 2.61. The molecular formula is C16H21NO4. The molecule has 1 aromatic carbocycles. The Morgan fingerprint density at radius 1 is 1.14 bits per heavy atom. The molecule has 114 valence electrons. The van der Waals surface area contributed by atoms with Gasteiger partial charge in [0.05, 0.1) is 19.1 Å². The van der Waals surface area contributed by atoms with E-state index >= 15 is 0 Å². The molecule has 0 aliphatic carbocycles. The van der Waals surface area contributed by atoms with Gasteiger partial charge in [0.25, 0.3) is 5.91 Å². The molecule has 1 rings (SSSR count). The van der Waals surface area contributed by atoms with Gasteiger partial charge in [-0.1, -0.05) is 32.0 Å². The second-order valence-electron chi connectivity index (χ2n) is 4.96. The van der Waals surface area contributed by atoms with Crippen LogP contribution in [0.3, 0.4) is 0 Å². The van der Waals surface area contributed by atoms with E-state index in [4.69, 9.17) is 4.74 Å². The number of rotatable bonds is 7. The highest BCUT2D eigenvalue weighted by Gasteiger charge is 2.26. The lowest BCUT2D eigenvalue weighted by atomic mass is 9.99. The quantitative estimate of drug-likeness (QED) is 0.779. The molecule has 0 aliphatic heterocycles. The predicted molar refractivity (Wildman–Crippen MR) is 78.8 cm³/mol. The summed E-state index contributed by atoms with van der Waals surface area (Å²) >= 11 is 0. The van der Waals surface area contributed by atoms with Gasteiger partial charge in [-0.25, -0.2) is 0 Å². The second-order valence-corrected chi connectivity index (χ2v) is 4.96. The number of amides is 1. The first-order chi connectivity index (χ1) is 9.95. The fourth-order valence-corrected chi connectivity index (χ4v) is 1.84. The molecule has 0 heterocycles. The summed E-state index contributed by atoms with van der Waals surface area (Å²) < 4.78 is 4.85. The molecule has 0 radical (unpaired) electrons. The van der Waals surface area contributed by atoms with Crippen LogP contribution in [0, 0.1) is 5.92 Å². The molecule has 0 saturated heterocycles. The van der Waals surface area contributed by atoms with E-state index in [-0.39, 0.29) is 30.6 Å². The lowest BCUT2D eigenvalue weighted by Gasteiger charge is -2.18. The Hall–Kier alpha value is -2.17. The lowest BCUT2D eigenvalue weighted by molar-refractivity contribution is -0.145. The minimum absolute atomic E-state index is 0.149. The van der Waals surface area contributed by atoms with Gasteiger partial charge < -0.3 is 10.1 Å². The summed E-state index contributed by atoms with van der Waals surface area (Å²) in [5.41, 5.74) is 0.447. The Kier molecular flexibility index (Phi) is 6.59. The van der Waals surface area contributed by atoms with E-state index < -0.39 is 12.0 Å². The van der Waals surface area contributed by atoms with Crippen LogP contribution in [-0.2, 0) is 14.3 Å². The van der Waals surface area contributed by atoms with Crippen LogP contribution in [0.1, 0.15) is 37.6 Å². The Balaban J connectivity index is 2.79. The third-order valence-electron chi connectivity index (χ3n) is 2.93. The van der Waals surface area contributed by atoms with Crippen molar-refractivity contribution in [1.29, 1.82) is 0 Å². The van der Waals surface area contributed by atoms with Crippen molar-refractivity contribution in [2.24, 2.45) is 5.92 Å². The molecule has 0 aromatic heterocycles. The first-order valence-corrected chi connectivity index (χ1v) is 7.01. The third kappa shape index (κ3) is 5.38. The number of carbonyl (C=O) groups is 3. The van der Waals surface area contributed by atoms with Gasteiger partial charge in [0.15, 0.2) is 5.78 Å². The predicted octanol–water partition coefficient (Wildman–Crippen LogP) is 1.96. The number of carbonyl (C=O) groups excluding carboxylic acids is 3. The van der Waals surface area contributed by atoms with E-state index in [1.165, 1.54) is 0 Å². The van der Waals surface area contributed by atoms with Crippen LogP contribution in [0.15, 0.2) is 30.3 Å². The maximum absolute atomic E-state index is 12.1. The average Bonchev–Trinajstić information content (AvgIpc) is 2.46. The maximum Gasteiger partial charge on any atom is 0.308 e. The number of benzene rings is 1. The van der Waals surface area contributed by atoms with Crippen molar-refractivity contribution in [2.45, 2.75) is 33.2 Å². The zero-order chi connectivity index (χ0) is 15.8. The SMILES string of the molecule is CCOC(=O)CC(NC(=O)c1ccccc1)C(=O)C(C)C. The van der Waals surface area contributed by atoms with E-state index in [0.717, 1.165) is 0 Å². The Morgan fingerprint density at radius 3 is 2.29 bits per heavy atom. The van der Waals surface area contributed by atoms with E-state index in [2.05, 4.69) is 5.32 Å². The number of ether oxygens (including phenoxy) is 1.